The van der Waals surface area contributed by atoms with E-state index in [2.05, 4.69) is 19.1 Å². The molecular formula is C17H23NO2. The molecule has 2 aliphatic rings. The fourth-order valence-corrected chi connectivity index (χ4v) is 3.41. The summed E-state index contributed by atoms with van der Waals surface area (Å²) in [5.41, 5.74) is 0.775. The fourth-order valence-electron chi connectivity index (χ4n) is 3.41. The number of carbonyl (C=O) groups is 1. The maximum Gasteiger partial charge on any atom is 0.411 e. The summed E-state index contributed by atoms with van der Waals surface area (Å²) in [6.07, 6.45) is 1.99. The van der Waals surface area contributed by atoms with Crippen molar-refractivity contribution in [3.05, 3.63) is 35.9 Å². The van der Waals surface area contributed by atoms with Gasteiger partial charge in [-0.25, -0.2) is 4.79 Å². The molecule has 2 unspecified atom stereocenters. The average molecular weight is 273 g/mol. The molecule has 1 aromatic rings. The summed E-state index contributed by atoms with van der Waals surface area (Å²) in [7, 11) is 0. The molecule has 3 heteroatoms. The topological polar surface area (TPSA) is 29.5 Å². The highest BCUT2D eigenvalue weighted by atomic mass is 16.6. The van der Waals surface area contributed by atoms with E-state index in [4.69, 9.17) is 4.74 Å². The minimum absolute atomic E-state index is 0.00282. The smallest absolute Gasteiger partial charge is 0.411 e. The van der Waals surface area contributed by atoms with Gasteiger partial charge in [-0.3, -0.25) is 4.90 Å². The minimum Gasteiger partial charge on any atom is -0.444 e. The number of hydrogen-bond donors (Lipinski definition) is 0. The molecule has 0 bridgehead atoms. The van der Waals surface area contributed by atoms with Crippen molar-refractivity contribution in [3.63, 3.8) is 0 Å². The largest absolute Gasteiger partial charge is 0.444 e. The molecule has 0 spiro atoms. The highest BCUT2D eigenvalue weighted by molar-refractivity contribution is 5.71. The van der Waals surface area contributed by atoms with Crippen LogP contribution in [0.4, 0.5) is 4.79 Å². The SMILES string of the molecule is CC(C)(C)OC(=O)N1C(c2ccccc2)CC2C[C@]21C. The number of benzene rings is 1. The van der Waals surface area contributed by atoms with Crippen LogP contribution >= 0.6 is 0 Å². The van der Waals surface area contributed by atoms with Crippen LogP contribution in [0.2, 0.25) is 0 Å². The van der Waals surface area contributed by atoms with Crippen LogP contribution in [-0.2, 0) is 4.74 Å². The minimum atomic E-state index is -0.443. The third kappa shape index (κ3) is 2.19. The van der Waals surface area contributed by atoms with E-state index in [1.807, 2.05) is 43.9 Å². The number of likely N-dealkylation sites (tertiary alicyclic amines) is 1. The summed E-state index contributed by atoms with van der Waals surface area (Å²) in [6.45, 7) is 7.95. The third-order valence-corrected chi connectivity index (χ3v) is 4.52. The highest BCUT2D eigenvalue weighted by Crippen LogP contribution is 2.62. The molecule has 3 nitrogen and oxygen atoms in total. The quantitative estimate of drug-likeness (QED) is 0.769. The van der Waals surface area contributed by atoms with Crippen LogP contribution in [0.5, 0.6) is 0 Å². The van der Waals surface area contributed by atoms with Crippen LogP contribution in [0.15, 0.2) is 30.3 Å². The predicted molar refractivity (Wildman–Crippen MR) is 78.4 cm³/mol. The number of carbonyl (C=O) groups excluding carboxylic acids is 1. The molecule has 1 aliphatic heterocycles. The van der Waals surface area contributed by atoms with Gasteiger partial charge in [-0.2, -0.15) is 0 Å². The van der Waals surface area contributed by atoms with E-state index in [1.54, 1.807) is 0 Å². The Morgan fingerprint density at radius 2 is 1.95 bits per heavy atom. The number of hydrogen-bond acceptors (Lipinski definition) is 2. The summed E-state index contributed by atoms with van der Waals surface area (Å²) in [6, 6.07) is 10.5. The van der Waals surface area contributed by atoms with Gasteiger partial charge in [-0.1, -0.05) is 30.3 Å². The van der Waals surface area contributed by atoms with E-state index in [-0.39, 0.29) is 17.7 Å². The molecule has 0 radical (unpaired) electrons. The van der Waals surface area contributed by atoms with Gasteiger partial charge in [-0.05, 0) is 52.0 Å². The lowest BCUT2D eigenvalue weighted by Crippen LogP contribution is -2.43. The van der Waals surface area contributed by atoms with Crippen molar-refractivity contribution in [2.75, 3.05) is 0 Å². The van der Waals surface area contributed by atoms with Gasteiger partial charge in [0.05, 0.1) is 6.04 Å². The Hall–Kier alpha value is -1.51. The van der Waals surface area contributed by atoms with Gasteiger partial charge in [0.25, 0.3) is 0 Å². The van der Waals surface area contributed by atoms with Crippen LogP contribution in [0.3, 0.4) is 0 Å². The number of amides is 1. The molecule has 3 rings (SSSR count). The predicted octanol–water partition coefficient (Wildman–Crippen LogP) is 4.15. The Morgan fingerprint density at radius 3 is 2.55 bits per heavy atom. The number of piperidine rings is 1. The van der Waals surface area contributed by atoms with Gasteiger partial charge >= 0.3 is 6.09 Å². The standard InChI is InChI=1S/C17H23NO2/c1-16(2,3)20-15(19)18-14(10-13-11-17(13,18)4)12-8-6-5-7-9-12/h5-9,13-14H,10-11H2,1-4H3/t13?,14?,17-/m1/s1. The summed E-state index contributed by atoms with van der Waals surface area (Å²) in [5, 5.41) is 0. The first-order chi connectivity index (χ1) is 9.31. The average Bonchev–Trinajstić information content (AvgIpc) is 2.89. The van der Waals surface area contributed by atoms with Crippen molar-refractivity contribution in [1.29, 1.82) is 0 Å². The Labute approximate surface area is 120 Å². The van der Waals surface area contributed by atoms with Crippen molar-refractivity contribution in [1.82, 2.24) is 4.90 Å². The van der Waals surface area contributed by atoms with Crippen molar-refractivity contribution in [2.45, 2.75) is 57.7 Å². The van der Waals surface area contributed by atoms with E-state index < -0.39 is 5.60 Å². The highest BCUT2D eigenvalue weighted by Gasteiger charge is 2.64. The van der Waals surface area contributed by atoms with Gasteiger partial charge in [-0.15, -0.1) is 0 Å². The Kier molecular flexibility index (Phi) is 2.86. The molecule has 0 aromatic heterocycles. The number of rotatable bonds is 1. The molecule has 2 fully saturated rings. The zero-order chi connectivity index (χ0) is 14.5. The number of ether oxygens (including phenoxy) is 1. The third-order valence-electron chi connectivity index (χ3n) is 4.52. The fraction of sp³-hybridized carbons (Fsp3) is 0.588. The summed E-state index contributed by atoms with van der Waals surface area (Å²) < 4.78 is 5.62. The molecule has 1 aromatic carbocycles. The summed E-state index contributed by atoms with van der Waals surface area (Å²) in [5.74, 6) is 0.625. The maximum absolute atomic E-state index is 12.6. The molecule has 3 atom stereocenters. The second kappa shape index (κ2) is 4.24. The molecule has 1 aliphatic carbocycles. The zero-order valence-corrected chi connectivity index (χ0v) is 12.7. The Bertz CT molecular complexity index is 520. The monoisotopic (exact) mass is 273 g/mol. The van der Waals surface area contributed by atoms with Crippen LogP contribution in [0, 0.1) is 5.92 Å². The second-order valence-electron chi connectivity index (χ2n) is 7.27. The van der Waals surface area contributed by atoms with Crippen molar-refractivity contribution >= 4 is 6.09 Å². The van der Waals surface area contributed by atoms with Gasteiger partial charge in [0.1, 0.15) is 5.60 Å². The van der Waals surface area contributed by atoms with E-state index in [0.717, 1.165) is 12.8 Å². The Morgan fingerprint density at radius 1 is 1.30 bits per heavy atom. The zero-order valence-electron chi connectivity index (χ0n) is 12.7. The lowest BCUT2D eigenvalue weighted by molar-refractivity contribution is 0.00941. The molecule has 108 valence electrons. The van der Waals surface area contributed by atoms with Crippen LogP contribution in [0.25, 0.3) is 0 Å². The van der Waals surface area contributed by atoms with Gasteiger partial charge < -0.3 is 4.74 Å². The maximum atomic E-state index is 12.6. The normalized spacial score (nSPS) is 31.9. The molecular weight excluding hydrogens is 250 g/mol. The van der Waals surface area contributed by atoms with Crippen molar-refractivity contribution in [3.8, 4) is 0 Å². The van der Waals surface area contributed by atoms with Crippen LogP contribution in [-0.4, -0.2) is 22.1 Å². The molecule has 1 amide bonds. The molecule has 0 N–H and O–H groups in total. The molecule has 1 saturated carbocycles. The van der Waals surface area contributed by atoms with Gasteiger partial charge in [0.15, 0.2) is 0 Å². The molecule has 20 heavy (non-hydrogen) atoms. The van der Waals surface area contributed by atoms with E-state index in [0.29, 0.717) is 5.92 Å². The summed E-state index contributed by atoms with van der Waals surface area (Å²) in [4.78, 5) is 14.6. The number of fused-ring (bicyclic) bond motifs is 1. The summed E-state index contributed by atoms with van der Waals surface area (Å²) >= 11 is 0. The first kappa shape index (κ1) is 13.5. The van der Waals surface area contributed by atoms with Crippen molar-refractivity contribution in [2.24, 2.45) is 5.92 Å². The van der Waals surface area contributed by atoms with Crippen LogP contribution < -0.4 is 0 Å². The lowest BCUT2D eigenvalue weighted by atomic mass is 10.0. The second-order valence-corrected chi connectivity index (χ2v) is 7.27. The Balaban J connectivity index is 1.87. The van der Waals surface area contributed by atoms with Gasteiger partial charge in [0, 0.05) is 5.54 Å². The van der Waals surface area contributed by atoms with Crippen LogP contribution in [0.1, 0.15) is 52.1 Å². The molecule has 1 heterocycles. The lowest BCUT2D eigenvalue weighted by Gasteiger charge is -2.34. The van der Waals surface area contributed by atoms with E-state index in [9.17, 15) is 4.79 Å². The first-order valence-corrected chi connectivity index (χ1v) is 7.38. The number of nitrogens with zero attached hydrogens (tertiary/aromatic N) is 1. The van der Waals surface area contributed by atoms with Gasteiger partial charge in [0.2, 0.25) is 0 Å². The van der Waals surface area contributed by atoms with E-state index >= 15 is 0 Å². The van der Waals surface area contributed by atoms with E-state index in [1.165, 1.54) is 5.56 Å². The van der Waals surface area contributed by atoms with Crippen molar-refractivity contribution < 1.29 is 9.53 Å². The molecule has 1 saturated heterocycles. The first-order valence-electron chi connectivity index (χ1n) is 7.38.